The van der Waals surface area contributed by atoms with Gasteiger partial charge < -0.3 is 0 Å². The number of aryl methyl sites for hydroxylation is 2. The molecule has 2 aromatic rings. The highest BCUT2D eigenvalue weighted by atomic mass is 16.2. The molecule has 0 aliphatic heterocycles. The van der Waals surface area contributed by atoms with E-state index in [-0.39, 0.29) is 5.91 Å². The van der Waals surface area contributed by atoms with Crippen molar-refractivity contribution in [2.75, 3.05) is 0 Å². The van der Waals surface area contributed by atoms with Gasteiger partial charge in [0.2, 0.25) is 5.91 Å². The number of carbonyl (C=O) groups is 1. The smallest absolute Gasteiger partial charge is 0.240 e. The lowest BCUT2D eigenvalue weighted by Gasteiger charge is -2.06. The summed E-state index contributed by atoms with van der Waals surface area (Å²) in [7, 11) is 0. The summed E-state index contributed by atoms with van der Waals surface area (Å²) < 4.78 is 0. The molecule has 0 aliphatic carbocycles. The van der Waals surface area contributed by atoms with Crippen LogP contribution in [0.25, 0.3) is 0 Å². The summed E-state index contributed by atoms with van der Waals surface area (Å²) in [6.45, 7) is 4.09. The van der Waals surface area contributed by atoms with Crippen LogP contribution < -0.4 is 5.43 Å². The van der Waals surface area contributed by atoms with Crippen molar-refractivity contribution < 1.29 is 4.79 Å². The van der Waals surface area contributed by atoms with E-state index < -0.39 is 0 Å². The molecule has 0 saturated heterocycles. The molecule has 0 radical (unpaired) electrons. The minimum atomic E-state index is -0.0538. The van der Waals surface area contributed by atoms with Gasteiger partial charge in [-0.25, -0.2) is 5.43 Å². The molecular weight excluding hydrogens is 272 g/mol. The van der Waals surface area contributed by atoms with Crippen molar-refractivity contribution >= 4 is 11.6 Å². The fourth-order valence-electron chi connectivity index (χ4n) is 2.18. The van der Waals surface area contributed by atoms with Crippen LogP contribution in [0.5, 0.6) is 0 Å². The molecule has 3 heteroatoms. The van der Waals surface area contributed by atoms with Gasteiger partial charge in [0, 0.05) is 6.42 Å². The second-order valence-corrected chi connectivity index (χ2v) is 5.30. The number of nitrogens with zero attached hydrogens (tertiary/aromatic N) is 1. The van der Waals surface area contributed by atoms with Gasteiger partial charge in [-0.15, -0.1) is 0 Å². The zero-order valence-corrected chi connectivity index (χ0v) is 13.2. The third kappa shape index (κ3) is 4.85. The maximum Gasteiger partial charge on any atom is 0.240 e. The number of carbonyl (C=O) groups excluding carboxylic acids is 1. The largest absolute Gasteiger partial charge is 0.273 e. The highest BCUT2D eigenvalue weighted by molar-refractivity contribution is 6.00. The molecule has 0 aromatic heterocycles. The summed E-state index contributed by atoms with van der Waals surface area (Å²) in [4.78, 5) is 11.9. The van der Waals surface area contributed by atoms with Gasteiger partial charge in [0.25, 0.3) is 0 Å². The lowest BCUT2D eigenvalue weighted by Crippen LogP contribution is -2.20. The average Bonchev–Trinajstić information content (AvgIpc) is 2.56. The van der Waals surface area contributed by atoms with Gasteiger partial charge in [-0.2, -0.15) is 5.10 Å². The van der Waals surface area contributed by atoms with E-state index in [1.807, 2.05) is 49.4 Å². The predicted octanol–water partition coefficient (Wildman–Crippen LogP) is 3.86. The molecule has 2 aromatic carbocycles. The maximum atomic E-state index is 11.9. The molecule has 114 valence electrons. The first-order valence-corrected chi connectivity index (χ1v) is 7.65. The number of hydrazone groups is 1. The minimum Gasteiger partial charge on any atom is -0.273 e. The van der Waals surface area contributed by atoms with Gasteiger partial charge in [0.05, 0.1) is 5.71 Å². The van der Waals surface area contributed by atoms with Crippen LogP contribution in [-0.4, -0.2) is 11.6 Å². The van der Waals surface area contributed by atoms with Gasteiger partial charge in [0.1, 0.15) is 0 Å². The molecular formula is C19H22N2O. The van der Waals surface area contributed by atoms with E-state index in [0.29, 0.717) is 6.42 Å². The Morgan fingerprint density at radius 2 is 1.73 bits per heavy atom. The predicted molar refractivity (Wildman–Crippen MR) is 90.9 cm³/mol. The summed E-state index contributed by atoms with van der Waals surface area (Å²) in [5.74, 6) is -0.0538. The lowest BCUT2D eigenvalue weighted by atomic mass is 10.1. The lowest BCUT2D eigenvalue weighted by molar-refractivity contribution is -0.121. The number of benzene rings is 2. The summed E-state index contributed by atoms with van der Waals surface area (Å²) in [5.41, 5.74) is 6.99. The Morgan fingerprint density at radius 1 is 1.05 bits per heavy atom. The highest BCUT2D eigenvalue weighted by Gasteiger charge is 2.04. The first-order valence-electron chi connectivity index (χ1n) is 7.65. The highest BCUT2D eigenvalue weighted by Crippen LogP contribution is 2.07. The molecule has 3 nitrogen and oxygen atoms in total. The van der Waals surface area contributed by atoms with Crippen LogP contribution >= 0.6 is 0 Å². The van der Waals surface area contributed by atoms with Crippen LogP contribution in [0.2, 0.25) is 0 Å². The normalized spacial score (nSPS) is 11.3. The Hall–Kier alpha value is -2.42. The van der Waals surface area contributed by atoms with E-state index in [9.17, 15) is 4.79 Å². The van der Waals surface area contributed by atoms with E-state index in [1.165, 1.54) is 5.56 Å². The van der Waals surface area contributed by atoms with Crippen molar-refractivity contribution in [3.8, 4) is 0 Å². The topological polar surface area (TPSA) is 41.5 Å². The molecule has 1 amide bonds. The Balaban J connectivity index is 1.91. The number of amides is 1. The van der Waals surface area contributed by atoms with Crippen molar-refractivity contribution in [3.63, 3.8) is 0 Å². The van der Waals surface area contributed by atoms with Gasteiger partial charge in [-0.05, 0) is 30.9 Å². The monoisotopic (exact) mass is 294 g/mol. The summed E-state index contributed by atoms with van der Waals surface area (Å²) in [6, 6.07) is 18.2. The molecule has 0 heterocycles. The molecule has 0 spiro atoms. The van der Waals surface area contributed by atoms with E-state index in [1.54, 1.807) is 0 Å². The summed E-state index contributed by atoms with van der Waals surface area (Å²) >= 11 is 0. The Labute approximate surface area is 132 Å². The fraction of sp³-hybridized carbons (Fsp3) is 0.263. The van der Waals surface area contributed by atoms with Crippen molar-refractivity contribution in [1.29, 1.82) is 0 Å². The van der Waals surface area contributed by atoms with Crippen molar-refractivity contribution in [3.05, 3.63) is 71.3 Å². The maximum absolute atomic E-state index is 11.9. The number of hydrogen-bond donors (Lipinski definition) is 1. The number of hydrogen-bond acceptors (Lipinski definition) is 2. The van der Waals surface area contributed by atoms with Gasteiger partial charge in [0.15, 0.2) is 0 Å². The van der Waals surface area contributed by atoms with Crippen LogP contribution in [0, 0.1) is 6.92 Å². The molecule has 22 heavy (non-hydrogen) atoms. The van der Waals surface area contributed by atoms with Crippen LogP contribution in [0.4, 0.5) is 0 Å². The third-order valence-corrected chi connectivity index (χ3v) is 3.52. The molecule has 0 aliphatic rings. The molecule has 1 N–H and O–H groups in total. The van der Waals surface area contributed by atoms with Crippen LogP contribution in [-0.2, 0) is 11.2 Å². The summed E-state index contributed by atoms with van der Waals surface area (Å²) in [5, 5.41) is 4.27. The minimum absolute atomic E-state index is 0.0538. The quantitative estimate of drug-likeness (QED) is 0.638. The van der Waals surface area contributed by atoms with E-state index >= 15 is 0 Å². The van der Waals surface area contributed by atoms with Crippen molar-refractivity contribution in [1.82, 2.24) is 5.43 Å². The second-order valence-electron chi connectivity index (χ2n) is 5.30. The van der Waals surface area contributed by atoms with Crippen molar-refractivity contribution in [2.24, 2.45) is 5.10 Å². The third-order valence-electron chi connectivity index (χ3n) is 3.52. The van der Waals surface area contributed by atoms with Gasteiger partial charge >= 0.3 is 0 Å². The van der Waals surface area contributed by atoms with E-state index in [0.717, 1.165) is 29.7 Å². The van der Waals surface area contributed by atoms with Crippen LogP contribution in [0.3, 0.4) is 0 Å². The van der Waals surface area contributed by atoms with Gasteiger partial charge in [-0.3, -0.25) is 4.79 Å². The van der Waals surface area contributed by atoms with Crippen LogP contribution in [0.1, 0.15) is 36.5 Å². The number of rotatable bonds is 6. The molecule has 0 atom stereocenters. The molecule has 0 unspecified atom stereocenters. The van der Waals surface area contributed by atoms with E-state index in [2.05, 4.69) is 29.6 Å². The SMILES string of the molecule is CC/C(=N\NC(=O)CCc1ccccc1)c1ccc(C)cc1. The fourth-order valence-corrected chi connectivity index (χ4v) is 2.18. The Bertz CT molecular complexity index is 630. The Morgan fingerprint density at radius 3 is 2.36 bits per heavy atom. The van der Waals surface area contributed by atoms with Gasteiger partial charge in [-0.1, -0.05) is 67.1 Å². The average molecular weight is 294 g/mol. The molecule has 2 rings (SSSR count). The Kier molecular flexibility index (Phi) is 5.90. The molecule has 0 saturated carbocycles. The zero-order valence-electron chi connectivity index (χ0n) is 13.2. The summed E-state index contributed by atoms with van der Waals surface area (Å²) in [6.07, 6.45) is 1.95. The number of nitrogens with one attached hydrogen (secondary N) is 1. The first kappa shape index (κ1) is 16.0. The molecule has 0 fully saturated rings. The standard InChI is InChI=1S/C19H22N2O/c1-3-18(17-12-9-15(2)10-13-17)20-21-19(22)14-11-16-7-5-4-6-8-16/h4-10,12-13H,3,11,14H2,1-2H3,(H,21,22)/b20-18+. The van der Waals surface area contributed by atoms with Crippen LogP contribution in [0.15, 0.2) is 59.7 Å². The second kappa shape index (κ2) is 8.13. The first-order chi connectivity index (χ1) is 10.7. The zero-order chi connectivity index (χ0) is 15.8. The van der Waals surface area contributed by atoms with E-state index in [4.69, 9.17) is 0 Å². The molecule has 0 bridgehead atoms. The van der Waals surface area contributed by atoms with Crippen molar-refractivity contribution in [2.45, 2.75) is 33.1 Å².